The van der Waals surface area contributed by atoms with Gasteiger partial charge in [-0.2, -0.15) is 5.10 Å². The first-order valence-corrected chi connectivity index (χ1v) is 11.5. The molecular weight excluding hydrogens is 544 g/mol. The Hall–Kier alpha value is -2.15. The van der Waals surface area contributed by atoms with Gasteiger partial charge >= 0.3 is 0 Å². The summed E-state index contributed by atoms with van der Waals surface area (Å²) in [6.07, 6.45) is 1.88. The highest BCUT2D eigenvalue weighted by Crippen LogP contribution is 2.35. The summed E-state index contributed by atoms with van der Waals surface area (Å²) in [6, 6.07) is 17.3. The Morgan fingerprint density at radius 1 is 1.06 bits per heavy atom. The van der Waals surface area contributed by atoms with Crippen LogP contribution in [0.25, 0.3) is 0 Å². The molecule has 0 fully saturated rings. The van der Waals surface area contributed by atoms with Crippen LogP contribution in [0.5, 0.6) is 5.75 Å². The van der Waals surface area contributed by atoms with E-state index in [4.69, 9.17) is 16.3 Å². The highest BCUT2D eigenvalue weighted by molar-refractivity contribution is 9.11. The lowest BCUT2D eigenvalue weighted by molar-refractivity contribution is -0.120. The fourth-order valence-electron chi connectivity index (χ4n) is 2.96. The van der Waals surface area contributed by atoms with Crippen molar-refractivity contribution in [3.63, 3.8) is 0 Å². The van der Waals surface area contributed by atoms with Gasteiger partial charge in [0.25, 0.3) is 0 Å². The normalized spacial score (nSPS) is 11.0. The quantitative estimate of drug-likeness (QED) is 0.255. The van der Waals surface area contributed by atoms with Crippen LogP contribution >= 0.6 is 43.5 Å². The zero-order valence-corrected chi connectivity index (χ0v) is 21.0. The Balaban J connectivity index is 1.59. The first kappa shape index (κ1) is 23.5. The first-order valence-electron chi connectivity index (χ1n) is 9.56. The maximum absolute atomic E-state index is 12.2. The lowest BCUT2D eigenvalue weighted by Gasteiger charge is -2.11. The number of hydrazone groups is 1. The molecule has 1 N–H and O–H groups in total. The van der Waals surface area contributed by atoms with Gasteiger partial charge in [-0.05, 0) is 92.2 Å². The Labute approximate surface area is 203 Å². The van der Waals surface area contributed by atoms with Crippen molar-refractivity contribution in [2.24, 2.45) is 5.10 Å². The number of ether oxygens (including phenoxy) is 1. The molecule has 0 aliphatic carbocycles. The summed E-state index contributed by atoms with van der Waals surface area (Å²) < 4.78 is 7.48. The predicted molar refractivity (Wildman–Crippen MR) is 133 cm³/mol. The minimum absolute atomic E-state index is 0.163. The smallest absolute Gasteiger partial charge is 0.244 e. The lowest BCUT2D eigenvalue weighted by Crippen LogP contribution is -2.20. The molecule has 0 unspecified atom stereocenters. The standard InChI is InChI=1S/C24H21Br2ClN2O2/c1-15-3-6-19(16(2)9-15)12-23(30)29-28-13-18-10-21(25)24(22(26)11-18)31-14-17-4-7-20(27)8-5-17/h3-11,13H,12,14H2,1-2H3,(H,29,30)/b28-13-. The molecule has 0 aliphatic heterocycles. The average molecular weight is 565 g/mol. The number of nitrogens with zero attached hydrogens (tertiary/aromatic N) is 1. The van der Waals surface area contributed by atoms with Crippen molar-refractivity contribution in [3.05, 3.63) is 96.4 Å². The number of amides is 1. The van der Waals surface area contributed by atoms with E-state index in [-0.39, 0.29) is 12.3 Å². The van der Waals surface area contributed by atoms with Gasteiger partial charge in [0.05, 0.1) is 21.6 Å². The zero-order chi connectivity index (χ0) is 22.4. The van der Waals surface area contributed by atoms with E-state index in [2.05, 4.69) is 48.5 Å². The summed E-state index contributed by atoms with van der Waals surface area (Å²) >= 11 is 13.0. The van der Waals surface area contributed by atoms with Gasteiger partial charge in [0, 0.05) is 5.02 Å². The van der Waals surface area contributed by atoms with Crippen LogP contribution in [0.1, 0.15) is 27.8 Å². The predicted octanol–water partition coefficient (Wildman–Crippen LogP) is 6.75. The maximum atomic E-state index is 12.2. The van der Waals surface area contributed by atoms with Crippen molar-refractivity contribution in [3.8, 4) is 5.75 Å². The highest BCUT2D eigenvalue weighted by atomic mass is 79.9. The summed E-state index contributed by atoms with van der Waals surface area (Å²) in [5.41, 5.74) is 7.68. The molecule has 0 saturated carbocycles. The van der Waals surface area contributed by atoms with Crippen LogP contribution in [0, 0.1) is 13.8 Å². The second-order valence-electron chi connectivity index (χ2n) is 7.13. The summed E-state index contributed by atoms with van der Waals surface area (Å²) in [4.78, 5) is 12.2. The third-order valence-electron chi connectivity index (χ3n) is 4.57. The van der Waals surface area contributed by atoms with Gasteiger partial charge < -0.3 is 4.74 Å². The Bertz CT molecular complexity index is 1090. The molecule has 0 aromatic heterocycles. The molecule has 1 amide bonds. The molecule has 0 bridgehead atoms. The molecule has 0 spiro atoms. The van der Waals surface area contributed by atoms with Crippen LogP contribution in [0.4, 0.5) is 0 Å². The number of carbonyl (C=O) groups excluding carboxylic acids is 1. The number of rotatable bonds is 7. The number of hydrogen-bond acceptors (Lipinski definition) is 3. The van der Waals surface area contributed by atoms with Gasteiger partial charge in [0.2, 0.25) is 5.91 Å². The van der Waals surface area contributed by atoms with E-state index in [1.54, 1.807) is 6.21 Å². The van der Waals surface area contributed by atoms with Gasteiger partial charge in [-0.1, -0.05) is 47.5 Å². The number of hydrogen-bond donors (Lipinski definition) is 1. The van der Waals surface area contributed by atoms with E-state index >= 15 is 0 Å². The topological polar surface area (TPSA) is 50.7 Å². The molecule has 160 valence electrons. The number of carbonyl (C=O) groups is 1. The van der Waals surface area contributed by atoms with Crippen molar-refractivity contribution in [2.45, 2.75) is 26.9 Å². The Kier molecular flexibility index (Phi) is 8.29. The average Bonchev–Trinajstić information content (AvgIpc) is 2.71. The summed E-state index contributed by atoms with van der Waals surface area (Å²) in [5, 5.41) is 4.77. The minimum Gasteiger partial charge on any atom is -0.487 e. The van der Waals surface area contributed by atoms with Crippen LogP contribution in [-0.2, 0) is 17.8 Å². The fraction of sp³-hybridized carbons (Fsp3) is 0.167. The van der Waals surface area contributed by atoms with Crippen molar-refractivity contribution >= 4 is 55.6 Å². The van der Waals surface area contributed by atoms with Gasteiger partial charge in [-0.25, -0.2) is 5.43 Å². The molecule has 7 heteroatoms. The maximum Gasteiger partial charge on any atom is 0.244 e. The van der Waals surface area contributed by atoms with Crippen LogP contribution in [0.2, 0.25) is 5.02 Å². The van der Waals surface area contributed by atoms with E-state index in [1.807, 2.05) is 62.4 Å². The second kappa shape index (κ2) is 10.9. The van der Waals surface area contributed by atoms with Crippen molar-refractivity contribution < 1.29 is 9.53 Å². The van der Waals surface area contributed by atoms with Crippen LogP contribution in [-0.4, -0.2) is 12.1 Å². The third kappa shape index (κ3) is 6.92. The summed E-state index contributed by atoms with van der Waals surface area (Å²) in [5.74, 6) is 0.523. The van der Waals surface area contributed by atoms with E-state index in [0.717, 1.165) is 31.2 Å². The molecule has 3 aromatic carbocycles. The lowest BCUT2D eigenvalue weighted by atomic mass is 10.0. The molecule has 0 radical (unpaired) electrons. The van der Waals surface area contributed by atoms with Crippen molar-refractivity contribution in [2.75, 3.05) is 0 Å². The van der Waals surface area contributed by atoms with Crippen molar-refractivity contribution in [1.82, 2.24) is 5.43 Å². The van der Waals surface area contributed by atoms with Crippen LogP contribution < -0.4 is 10.2 Å². The first-order chi connectivity index (χ1) is 14.8. The summed E-state index contributed by atoms with van der Waals surface area (Å²) in [7, 11) is 0. The Morgan fingerprint density at radius 2 is 1.74 bits per heavy atom. The second-order valence-corrected chi connectivity index (χ2v) is 9.27. The SMILES string of the molecule is Cc1ccc(CC(=O)N/N=C\c2cc(Br)c(OCc3ccc(Cl)cc3)c(Br)c2)c(C)c1. The van der Waals surface area contributed by atoms with E-state index in [9.17, 15) is 4.79 Å². The monoisotopic (exact) mass is 562 g/mol. The molecule has 0 saturated heterocycles. The van der Waals surface area contributed by atoms with Gasteiger partial charge in [0.15, 0.2) is 0 Å². The van der Waals surface area contributed by atoms with E-state index in [1.165, 1.54) is 5.56 Å². The molecule has 3 rings (SSSR count). The molecule has 0 atom stereocenters. The number of nitrogens with one attached hydrogen (secondary N) is 1. The van der Waals surface area contributed by atoms with Crippen LogP contribution in [0.3, 0.4) is 0 Å². The molecule has 0 aliphatic rings. The molecule has 0 heterocycles. The minimum atomic E-state index is -0.163. The van der Waals surface area contributed by atoms with E-state index < -0.39 is 0 Å². The van der Waals surface area contributed by atoms with Gasteiger partial charge in [-0.15, -0.1) is 0 Å². The fourth-order valence-corrected chi connectivity index (χ4v) is 4.54. The number of benzene rings is 3. The summed E-state index contributed by atoms with van der Waals surface area (Å²) in [6.45, 7) is 4.45. The number of halogens is 3. The molecule has 4 nitrogen and oxygen atoms in total. The number of aryl methyl sites for hydroxylation is 2. The molecule has 3 aromatic rings. The zero-order valence-electron chi connectivity index (χ0n) is 17.1. The molecular formula is C24H21Br2ClN2O2. The largest absolute Gasteiger partial charge is 0.487 e. The third-order valence-corrected chi connectivity index (χ3v) is 6.00. The molecule has 31 heavy (non-hydrogen) atoms. The Morgan fingerprint density at radius 3 is 2.39 bits per heavy atom. The van der Waals surface area contributed by atoms with Crippen LogP contribution in [0.15, 0.2) is 68.6 Å². The van der Waals surface area contributed by atoms with Gasteiger partial charge in [-0.3, -0.25) is 4.79 Å². The highest BCUT2D eigenvalue weighted by Gasteiger charge is 2.10. The van der Waals surface area contributed by atoms with Gasteiger partial charge in [0.1, 0.15) is 12.4 Å². The van der Waals surface area contributed by atoms with E-state index in [0.29, 0.717) is 17.4 Å². The van der Waals surface area contributed by atoms with Crippen molar-refractivity contribution in [1.29, 1.82) is 0 Å².